The van der Waals surface area contributed by atoms with Crippen LogP contribution in [-0.4, -0.2) is 19.2 Å². The van der Waals surface area contributed by atoms with Crippen molar-refractivity contribution in [2.45, 2.75) is 12.3 Å². The summed E-state index contributed by atoms with van der Waals surface area (Å²) in [6.45, 7) is 0.262. The number of benzene rings is 3. The molecule has 1 aliphatic rings. The first kappa shape index (κ1) is 20.2. The van der Waals surface area contributed by atoms with E-state index in [1.165, 1.54) is 23.3 Å². The summed E-state index contributed by atoms with van der Waals surface area (Å²) >= 11 is 0. The summed E-state index contributed by atoms with van der Waals surface area (Å²) in [6.07, 6.45) is -0.422. The molecule has 1 aliphatic carbocycles. The molecule has 4 rings (SSSR count). The molecule has 0 unspecified atom stereocenters. The monoisotopic (exact) mass is 410 g/mol. The van der Waals surface area contributed by atoms with Gasteiger partial charge in [-0.3, -0.25) is 0 Å². The third kappa shape index (κ3) is 4.42. The molecule has 0 fully saturated rings. The average molecular weight is 410 g/mol. The molecule has 0 heterocycles. The molecule has 0 radical (unpaired) electrons. The van der Waals surface area contributed by atoms with Crippen molar-refractivity contribution in [2.24, 2.45) is 0 Å². The lowest BCUT2D eigenvalue weighted by Crippen LogP contribution is -2.26. The number of amides is 1. The Kier molecular flexibility index (Phi) is 5.96. The first-order chi connectivity index (χ1) is 15.2. The Morgan fingerprint density at radius 2 is 1.71 bits per heavy atom. The van der Waals surface area contributed by atoms with E-state index in [9.17, 15) is 9.18 Å². The molecule has 4 nitrogen and oxygen atoms in total. The van der Waals surface area contributed by atoms with Crippen molar-refractivity contribution in [1.82, 2.24) is 5.32 Å². The number of nitriles is 1. The lowest BCUT2D eigenvalue weighted by Gasteiger charge is -2.14. The number of hydrogen-bond acceptors (Lipinski definition) is 3. The van der Waals surface area contributed by atoms with E-state index >= 15 is 0 Å². The van der Waals surface area contributed by atoms with Crippen molar-refractivity contribution >= 4 is 6.09 Å². The van der Waals surface area contributed by atoms with Gasteiger partial charge in [0.1, 0.15) is 12.4 Å². The minimum Gasteiger partial charge on any atom is -0.449 e. The largest absolute Gasteiger partial charge is 0.449 e. The molecule has 0 aromatic heterocycles. The minimum absolute atomic E-state index is 0.00902. The molecular weight excluding hydrogens is 391 g/mol. The van der Waals surface area contributed by atoms with Crippen LogP contribution in [0, 0.1) is 29.0 Å². The van der Waals surface area contributed by atoms with Gasteiger partial charge in [-0.25, -0.2) is 9.18 Å². The Labute approximate surface area is 180 Å². The number of alkyl carbamates (subject to hydrolysis) is 1. The average Bonchev–Trinajstić information content (AvgIpc) is 3.10. The number of fused-ring (bicyclic) bond motifs is 3. The van der Waals surface area contributed by atoms with Crippen molar-refractivity contribution in [3.63, 3.8) is 0 Å². The lowest BCUT2D eigenvalue weighted by atomic mass is 9.98. The summed E-state index contributed by atoms with van der Waals surface area (Å²) in [7, 11) is 0. The molecule has 3 aromatic carbocycles. The standard InChI is InChI=1S/C26H19FN2O2/c27-25-16-18(13-14-28)11-12-19(25)6-5-15-29-26(30)31-17-24-22-9-3-1-7-20(22)21-8-2-4-10-23(21)24/h1-4,7-12,16,24H,13,15,17H2,(H,29,30). The molecule has 0 spiro atoms. The summed E-state index contributed by atoms with van der Waals surface area (Å²) < 4.78 is 19.4. The first-order valence-electron chi connectivity index (χ1n) is 9.90. The zero-order valence-electron chi connectivity index (χ0n) is 16.7. The van der Waals surface area contributed by atoms with E-state index in [1.54, 1.807) is 6.07 Å². The zero-order chi connectivity index (χ0) is 21.6. The van der Waals surface area contributed by atoms with Crippen LogP contribution in [0.1, 0.15) is 28.2 Å². The van der Waals surface area contributed by atoms with Gasteiger partial charge < -0.3 is 10.1 Å². The zero-order valence-corrected chi connectivity index (χ0v) is 16.7. The molecule has 3 aromatic rings. The molecule has 0 aliphatic heterocycles. The molecular formula is C26H19FN2O2. The maximum atomic E-state index is 14.0. The minimum atomic E-state index is -0.569. The number of halogens is 1. The SMILES string of the molecule is N#CCc1ccc(C#CCNC(=O)OCC2c3ccccc3-c3ccccc32)c(F)c1. The van der Waals surface area contributed by atoms with E-state index in [0.29, 0.717) is 5.56 Å². The fourth-order valence-electron chi connectivity index (χ4n) is 3.77. The van der Waals surface area contributed by atoms with Gasteiger partial charge in [0, 0.05) is 5.92 Å². The molecule has 0 atom stereocenters. The van der Waals surface area contributed by atoms with Gasteiger partial charge in [0.05, 0.1) is 24.6 Å². The molecule has 1 N–H and O–H groups in total. The van der Waals surface area contributed by atoms with Crippen LogP contribution in [0.3, 0.4) is 0 Å². The highest BCUT2D eigenvalue weighted by atomic mass is 19.1. The van der Waals surface area contributed by atoms with E-state index in [0.717, 1.165) is 11.1 Å². The van der Waals surface area contributed by atoms with Crippen LogP contribution in [0.5, 0.6) is 0 Å². The van der Waals surface area contributed by atoms with Crippen LogP contribution < -0.4 is 5.32 Å². The Morgan fingerprint density at radius 1 is 1.03 bits per heavy atom. The summed E-state index contributed by atoms with van der Waals surface area (Å²) in [5.41, 5.74) is 5.44. The Bertz CT molecular complexity index is 1190. The molecule has 0 saturated heterocycles. The topological polar surface area (TPSA) is 62.1 Å². The molecule has 1 amide bonds. The van der Waals surface area contributed by atoms with E-state index in [2.05, 4.69) is 41.4 Å². The first-order valence-corrected chi connectivity index (χ1v) is 9.90. The van der Waals surface area contributed by atoms with Gasteiger partial charge in [-0.05, 0) is 39.9 Å². The van der Waals surface area contributed by atoms with E-state index in [4.69, 9.17) is 10.00 Å². The maximum Gasteiger partial charge on any atom is 0.407 e. The summed E-state index contributed by atoms with van der Waals surface area (Å²) in [5, 5.41) is 11.2. The summed E-state index contributed by atoms with van der Waals surface area (Å²) in [5.74, 6) is 4.91. The number of ether oxygens (including phenoxy) is 1. The highest BCUT2D eigenvalue weighted by molar-refractivity contribution is 5.79. The third-order valence-corrected chi connectivity index (χ3v) is 5.20. The highest BCUT2D eigenvalue weighted by Gasteiger charge is 2.28. The fourth-order valence-corrected chi connectivity index (χ4v) is 3.77. The molecule has 5 heteroatoms. The number of nitrogens with one attached hydrogen (secondary N) is 1. The molecule has 0 saturated carbocycles. The van der Waals surface area contributed by atoms with Crippen LogP contribution in [0.2, 0.25) is 0 Å². The second-order valence-electron chi connectivity index (χ2n) is 7.13. The Morgan fingerprint density at radius 3 is 2.35 bits per heavy atom. The van der Waals surface area contributed by atoms with Crippen molar-refractivity contribution in [3.8, 4) is 29.0 Å². The second kappa shape index (κ2) is 9.15. The maximum absolute atomic E-state index is 14.0. The lowest BCUT2D eigenvalue weighted by molar-refractivity contribution is 0.144. The number of nitrogens with zero attached hydrogens (tertiary/aromatic N) is 1. The highest BCUT2D eigenvalue weighted by Crippen LogP contribution is 2.44. The van der Waals surface area contributed by atoms with Gasteiger partial charge in [-0.2, -0.15) is 5.26 Å². The van der Waals surface area contributed by atoms with Crippen molar-refractivity contribution < 1.29 is 13.9 Å². The van der Waals surface area contributed by atoms with Gasteiger partial charge >= 0.3 is 6.09 Å². The smallest absolute Gasteiger partial charge is 0.407 e. The van der Waals surface area contributed by atoms with E-state index in [1.807, 2.05) is 30.3 Å². The van der Waals surface area contributed by atoms with Gasteiger partial charge in [-0.15, -0.1) is 0 Å². The number of hydrogen-bond donors (Lipinski definition) is 1. The van der Waals surface area contributed by atoms with Crippen LogP contribution in [0.4, 0.5) is 9.18 Å². The second-order valence-corrected chi connectivity index (χ2v) is 7.13. The Balaban J connectivity index is 1.33. The van der Waals surface area contributed by atoms with Crippen LogP contribution in [-0.2, 0) is 11.2 Å². The van der Waals surface area contributed by atoms with Crippen LogP contribution in [0.25, 0.3) is 11.1 Å². The predicted molar refractivity (Wildman–Crippen MR) is 116 cm³/mol. The van der Waals surface area contributed by atoms with Crippen LogP contribution in [0.15, 0.2) is 66.7 Å². The van der Waals surface area contributed by atoms with E-state index < -0.39 is 11.9 Å². The number of carbonyl (C=O) groups excluding carboxylic acids is 1. The van der Waals surface area contributed by atoms with Gasteiger partial charge in [0.2, 0.25) is 0 Å². The molecule has 31 heavy (non-hydrogen) atoms. The Hall–Kier alpha value is -4.09. The van der Waals surface area contributed by atoms with Crippen molar-refractivity contribution in [1.29, 1.82) is 5.26 Å². The predicted octanol–water partition coefficient (Wildman–Crippen LogP) is 4.78. The van der Waals surface area contributed by atoms with E-state index in [-0.39, 0.29) is 31.1 Å². The van der Waals surface area contributed by atoms with Gasteiger partial charge in [0.15, 0.2) is 0 Å². The number of rotatable bonds is 4. The van der Waals surface area contributed by atoms with Crippen LogP contribution >= 0.6 is 0 Å². The third-order valence-electron chi connectivity index (χ3n) is 5.20. The number of carbonyl (C=O) groups is 1. The molecule has 0 bridgehead atoms. The normalized spacial score (nSPS) is 11.5. The van der Waals surface area contributed by atoms with Gasteiger partial charge in [0.25, 0.3) is 0 Å². The quantitative estimate of drug-likeness (QED) is 0.630. The van der Waals surface area contributed by atoms with Crippen molar-refractivity contribution in [2.75, 3.05) is 13.2 Å². The fraction of sp³-hybridized carbons (Fsp3) is 0.154. The van der Waals surface area contributed by atoms with Gasteiger partial charge in [-0.1, -0.05) is 66.4 Å². The van der Waals surface area contributed by atoms with Crippen molar-refractivity contribution in [3.05, 3.63) is 94.8 Å². The molecule has 152 valence electrons. The summed E-state index contributed by atoms with van der Waals surface area (Å²) in [6, 6.07) is 22.7. The summed E-state index contributed by atoms with van der Waals surface area (Å²) in [4.78, 5) is 12.1.